The van der Waals surface area contributed by atoms with E-state index in [9.17, 15) is 9.90 Å². The standard InChI is InChI=1S/C12H15N3O2/c1-2-8-10(16)9(7-13)11(14-12(8)17)15-5-3-4-6-15/h2-6H2,1H3,(H2,14,16,17). The van der Waals surface area contributed by atoms with E-state index in [1.807, 2.05) is 11.0 Å². The Labute approximate surface area is 99.3 Å². The topological polar surface area (TPSA) is 80.1 Å². The molecule has 90 valence electrons. The molecule has 0 saturated carbocycles. The van der Waals surface area contributed by atoms with Crippen LogP contribution >= 0.6 is 0 Å². The van der Waals surface area contributed by atoms with Gasteiger partial charge in [-0.1, -0.05) is 6.92 Å². The molecule has 1 aromatic rings. The van der Waals surface area contributed by atoms with Gasteiger partial charge in [0, 0.05) is 13.1 Å². The maximum Gasteiger partial charge on any atom is 0.256 e. The van der Waals surface area contributed by atoms with E-state index in [-0.39, 0.29) is 22.4 Å². The molecule has 1 aliphatic heterocycles. The van der Waals surface area contributed by atoms with Crippen molar-refractivity contribution in [2.24, 2.45) is 0 Å². The van der Waals surface area contributed by atoms with Crippen molar-refractivity contribution in [1.29, 1.82) is 5.26 Å². The molecule has 2 heterocycles. The largest absolute Gasteiger partial charge is 0.506 e. The summed E-state index contributed by atoms with van der Waals surface area (Å²) in [6.45, 7) is 3.41. The van der Waals surface area contributed by atoms with Gasteiger partial charge in [0.15, 0.2) is 0 Å². The molecule has 0 aliphatic carbocycles. The number of anilines is 1. The van der Waals surface area contributed by atoms with Gasteiger partial charge in [-0.05, 0) is 19.3 Å². The summed E-state index contributed by atoms with van der Waals surface area (Å²) in [5.41, 5.74) is 0.166. The van der Waals surface area contributed by atoms with E-state index >= 15 is 0 Å². The highest BCUT2D eigenvalue weighted by Gasteiger charge is 2.22. The highest BCUT2D eigenvalue weighted by molar-refractivity contribution is 5.62. The molecular formula is C12H15N3O2. The van der Waals surface area contributed by atoms with Gasteiger partial charge in [0.25, 0.3) is 5.56 Å². The number of nitrogens with zero attached hydrogens (tertiary/aromatic N) is 2. The summed E-state index contributed by atoms with van der Waals surface area (Å²) in [5, 5.41) is 19.1. The van der Waals surface area contributed by atoms with Gasteiger partial charge >= 0.3 is 0 Å². The van der Waals surface area contributed by atoms with E-state index in [1.165, 1.54) is 0 Å². The number of pyridine rings is 1. The van der Waals surface area contributed by atoms with Crippen molar-refractivity contribution in [3.8, 4) is 11.8 Å². The van der Waals surface area contributed by atoms with Gasteiger partial charge in [-0.25, -0.2) is 0 Å². The van der Waals surface area contributed by atoms with Crippen LogP contribution in [-0.2, 0) is 6.42 Å². The summed E-state index contributed by atoms with van der Waals surface area (Å²) < 4.78 is 0. The molecular weight excluding hydrogens is 218 g/mol. The molecule has 1 aliphatic rings. The summed E-state index contributed by atoms with van der Waals surface area (Å²) in [6.07, 6.45) is 2.50. The Hall–Kier alpha value is -1.96. The number of rotatable bonds is 2. The van der Waals surface area contributed by atoms with Gasteiger partial charge in [-0.15, -0.1) is 0 Å². The molecule has 5 heteroatoms. The van der Waals surface area contributed by atoms with Crippen LogP contribution in [0.5, 0.6) is 5.75 Å². The number of nitrogens with one attached hydrogen (secondary N) is 1. The monoisotopic (exact) mass is 233 g/mol. The Morgan fingerprint density at radius 2 is 2.12 bits per heavy atom. The van der Waals surface area contributed by atoms with Crippen LogP contribution in [0, 0.1) is 11.3 Å². The number of nitriles is 1. The predicted molar refractivity (Wildman–Crippen MR) is 64.3 cm³/mol. The Kier molecular flexibility index (Phi) is 3.05. The molecule has 0 amide bonds. The highest BCUT2D eigenvalue weighted by Crippen LogP contribution is 2.29. The lowest BCUT2D eigenvalue weighted by molar-refractivity contribution is 0.465. The molecule has 0 atom stereocenters. The molecule has 1 fully saturated rings. The van der Waals surface area contributed by atoms with Gasteiger partial charge in [0.05, 0.1) is 5.56 Å². The molecule has 0 unspecified atom stereocenters. The molecule has 0 spiro atoms. The zero-order valence-electron chi connectivity index (χ0n) is 9.79. The van der Waals surface area contributed by atoms with E-state index in [0.717, 1.165) is 25.9 Å². The maximum atomic E-state index is 11.8. The summed E-state index contributed by atoms with van der Waals surface area (Å²) in [6, 6.07) is 1.98. The minimum Gasteiger partial charge on any atom is -0.506 e. The first-order chi connectivity index (χ1) is 8.19. The molecule has 1 aromatic heterocycles. The first-order valence-corrected chi connectivity index (χ1v) is 5.82. The summed E-state index contributed by atoms with van der Waals surface area (Å²) in [7, 11) is 0. The highest BCUT2D eigenvalue weighted by atomic mass is 16.3. The Morgan fingerprint density at radius 3 is 2.65 bits per heavy atom. The van der Waals surface area contributed by atoms with Crippen molar-refractivity contribution in [3.63, 3.8) is 0 Å². The lowest BCUT2D eigenvalue weighted by Gasteiger charge is -2.19. The molecule has 2 N–H and O–H groups in total. The number of aromatic nitrogens is 1. The van der Waals surface area contributed by atoms with Crippen LogP contribution in [0.1, 0.15) is 30.9 Å². The zero-order valence-corrected chi connectivity index (χ0v) is 9.79. The first kappa shape index (κ1) is 11.5. The Balaban J connectivity index is 2.60. The fourth-order valence-electron chi connectivity index (χ4n) is 2.23. The molecule has 0 bridgehead atoms. The number of hydrogen-bond acceptors (Lipinski definition) is 4. The lowest BCUT2D eigenvalue weighted by atomic mass is 10.1. The Bertz CT molecular complexity index is 522. The van der Waals surface area contributed by atoms with Crippen LogP contribution in [-0.4, -0.2) is 23.2 Å². The number of aromatic amines is 1. The number of aromatic hydroxyl groups is 1. The Morgan fingerprint density at radius 1 is 1.47 bits per heavy atom. The van der Waals surface area contributed by atoms with Gasteiger partial charge in [0.2, 0.25) is 0 Å². The molecule has 0 radical (unpaired) electrons. The summed E-state index contributed by atoms with van der Waals surface area (Å²) in [5.74, 6) is 0.297. The molecule has 17 heavy (non-hydrogen) atoms. The molecule has 5 nitrogen and oxygen atoms in total. The van der Waals surface area contributed by atoms with E-state index in [1.54, 1.807) is 6.92 Å². The second kappa shape index (κ2) is 4.50. The average Bonchev–Trinajstić information content (AvgIpc) is 2.82. The van der Waals surface area contributed by atoms with Gasteiger partial charge in [-0.3, -0.25) is 4.79 Å². The zero-order chi connectivity index (χ0) is 12.4. The van der Waals surface area contributed by atoms with Crippen molar-refractivity contribution >= 4 is 5.82 Å². The summed E-state index contributed by atoms with van der Waals surface area (Å²) in [4.78, 5) is 16.4. The smallest absolute Gasteiger partial charge is 0.256 e. The number of H-pyrrole nitrogens is 1. The third kappa shape index (κ3) is 1.86. The van der Waals surface area contributed by atoms with Crippen LogP contribution in [0.15, 0.2) is 4.79 Å². The second-order valence-corrected chi connectivity index (χ2v) is 4.16. The van der Waals surface area contributed by atoms with Gasteiger partial charge < -0.3 is 15.0 Å². The maximum absolute atomic E-state index is 11.8. The van der Waals surface area contributed by atoms with E-state index in [2.05, 4.69) is 4.98 Å². The van der Waals surface area contributed by atoms with Crippen molar-refractivity contribution in [1.82, 2.24) is 4.98 Å². The van der Waals surface area contributed by atoms with Crippen molar-refractivity contribution in [2.45, 2.75) is 26.2 Å². The molecule has 2 rings (SSSR count). The lowest BCUT2D eigenvalue weighted by Crippen LogP contribution is -2.25. The minimum absolute atomic E-state index is 0.166. The quantitative estimate of drug-likeness (QED) is 0.802. The SMILES string of the molecule is CCc1c(O)c(C#N)c(N2CCCC2)[nH]c1=O. The van der Waals surface area contributed by atoms with E-state index in [0.29, 0.717) is 12.2 Å². The van der Waals surface area contributed by atoms with Crippen molar-refractivity contribution in [3.05, 3.63) is 21.5 Å². The van der Waals surface area contributed by atoms with E-state index in [4.69, 9.17) is 5.26 Å². The van der Waals surface area contributed by atoms with Crippen molar-refractivity contribution in [2.75, 3.05) is 18.0 Å². The second-order valence-electron chi connectivity index (χ2n) is 4.16. The van der Waals surface area contributed by atoms with Gasteiger partial charge in [0.1, 0.15) is 23.2 Å². The normalized spacial score (nSPS) is 14.9. The number of hydrogen-bond donors (Lipinski definition) is 2. The van der Waals surface area contributed by atoms with Gasteiger partial charge in [-0.2, -0.15) is 5.26 Å². The molecule has 1 saturated heterocycles. The third-order valence-corrected chi connectivity index (χ3v) is 3.15. The van der Waals surface area contributed by atoms with E-state index < -0.39 is 0 Å². The molecule has 0 aromatic carbocycles. The first-order valence-electron chi connectivity index (χ1n) is 5.82. The predicted octanol–water partition coefficient (Wildman–Crippen LogP) is 1.11. The van der Waals surface area contributed by atoms with Crippen molar-refractivity contribution < 1.29 is 5.11 Å². The fourth-order valence-corrected chi connectivity index (χ4v) is 2.23. The summed E-state index contributed by atoms with van der Waals surface area (Å²) >= 11 is 0. The van der Waals surface area contributed by atoms with Crippen LogP contribution in [0.2, 0.25) is 0 Å². The van der Waals surface area contributed by atoms with Crippen LogP contribution in [0.3, 0.4) is 0 Å². The third-order valence-electron chi connectivity index (χ3n) is 3.15. The van der Waals surface area contributed by atoms with Crippen LogP contribution in [0.25, 0.3) is 0 Å². The fraction of sp³-hybridized carbons (Fsp3) is 0.500. The average molecular weight is 233 g/mol. The van der Waals surface area contributed by atoms with Crippen LogP contribution < -0.4 is 10.5 Å². The minimum atomic E-state index is -0.300. The van der Waals surface area contributed by atoms with Crippen LogP contribution in [0.4, 0.5) is 5.82 Å².